The van der Waals surface area contributed by atoms with Crippen LogP contribution in [-0.2, 0) is 44.9 Å². The van der Waals surface area contributed by atoms with Crippen LogP contribution in [0.15, 0.2) is 299 Å². The molecule has 0 saturated heterocycles. The lowest BCUT2D eigenvalue weighted by atomic mass is 9.99. The van der Waals surface area contributed by atoms with Gasteiger partial charge in [-0.2, -0.15) is 0 Å². The summed E-state index contributed by atoms with van der Waals surface area (Å²) in [6, 6.07) is 85.2. The minimum Gasteiger partial charge on any atom is -0.294 e. The number of aromatic nitrogens is 6. The first-order chi connectivity index (χ1) is 59.1. The smallest absolute Gasteiger partial charge is 0.177 e. The molecule has 18 aromatic rings. The van der Waals surface area contributed by atoms with Crippen molar-refractivity contribution in [2.24, 2.45) is 0 Å². The van der Waals surface area contributed by atoms with Crippen molar-refractivity contribution < 1.29 is 28.8 Å². The zero-order valence-electron chi connectivity index (χ0n) is 68.9. The van der Waals surface area contributed by atoms with Crippen molar-refractivity contribution in [2.45, 2.75) is 107 Å². The monoisotopic (exact) mass is 1800 g/mol. The fraction of sp³-hybridized carbons (Fsp3) is 0.154. The van der Waals surface area contributed by atoms with E-state index in [0.29, 0.717) is 38.5 Å². The summed E-state index contributed by atoms with van der Waals surface area (Å²) in [6.45, 7) is 16.1. The summed E-state index contributed by atoms with van der Waals surface area (Å²) in [4.78, 5) is 106. The van der Waals surface area contributed by atoms with E-state index in [9.17, 15) is 28.8 Å². The Morgan fingerprint density at radius 3 is 1.07 bits per heavy atom. The summed E-state index contributed by atoms with van der Waals surface area (Å²) >= 11 is 12.9. The summed E-state index contributed by atoms with van der Waals surface area (Å²) in [6.07, 6.45) is 11.6. The number of para-hydroxylation sites is 6. The molecule has 0 unspecified atom stereocenters. The number of benzene rings is 8. The van der Waals surface area contributed by atoms with Gasteiger partial charge >= 0.3 is 0 Å². The lowest BCUT2D eigenvalue weighted by Gasteiger charge is -2.07. The van der Waals surface area contributed by atoms with Crippen LogP contribution in [-0.4, -0.2) is 64.6 Å². The molecule has 0 spiro atoms. The van der Waals surface area contributed by atoms with Crippen LogP contribution >= 0.6 is 77.2 Å². The Morgan fingerprint density at radius 1 is 0.320 bits per heavy atom. The standard InChI is InChI=1S/C21H21NO.C19H17NO.2C16H12BrNOS.2C16H13NOS/c1-3-5-16-9-12-17(13-10-16)20(23)14-19-7-4-6-18-11-8-15(2)22-21(18)19;1-13-6-9-15(10-7-13)18(21)12-17-5-3-4-16-11-8-14(2)20-19(16)17;1-10-8-14(17)20-16(10)13(19)9-12-5-2-4-11-6-3-7-18-15(11)12;1-10-8-14(20-16(10)17)13(19)9-12-5-2-4-11-6-3-7-18-15(11)12;1-11-7-8-15(19-11)14(18)10-13-5-2-4-12-6-3-9-17-16(12)13;1-11-8-15(19-10-11)14(18)9-13-5-2-4-12-6-3-7-17-16(12)13/h4,6-13H,3,5,14H2,1-2H3;3-11H,12H2,1-2H3;2*2-8H,9H2,1H3;2-9H,10H2,1H3;2-8,10H,9H2,1H3. The molecule has 12 nitrogen and oxygen atoms in total. The van der Waals surface area contributed by atoms with Gasteiger partial charge in [0.25, 0.3) is 0 Å². The summed E-state index contributed by atoms with van der Waals surface area (Å²) < 4.78 is 2.02. The number of hydrogen-bond acceptors (Lipinski definition) is 16. The SMILES string of the molecule is CCCc1ccc(C(=O)Cc2cccc3ccc(C)nc23)cc1.Cc1cc(Br)sc1C(=O)Cc1cccc2cccnc12.Cc1cc(C(=O)Cc2cccc3cccnc23)sc1Br.Cc1ccc(C(=O)Cc2cccc3ccc(C)nc23)cc1.Cc1ccc(C(=O)Cc2cccc3cccnc23)s1.Cc1csc(C(=O)Cc2cccc3cccnc23)c1. The van der Waals surface area contributed by atoms with E-state index in [4.69, 9.17) is 0 Å². The Balaban J connectivity index is 0.000000126. The van der Waals surface area contributed by atoms with Crippen LogP contribution in [0, 0.1) is 48.5 Å². The quantitative estimate of drug-likeness (QED) is 0.0660. The third-order valence-corrected chi connectivity index (χ3v) is 26.4. The minimum absolute atomic E-state index is 0.130. The van der Waals surface area contributed by atoms with Gasteiger partial charge in [-0.1, -0.05) is 213 Å². The number of ketones is 6. The van der Waals surface area contributed by atoms with Gasteiger partial charge in [0.15, 0.2) is 34.7 Å². The zero-order valence-corrected chi connectivity index (χ0v) is 75.3. The van der Waals surface area contributed by atoms with Crippen LogP contribution in [0.4, 0.5) is 0 Å². The average molecular weight is 1810 g/mol. The van der Waals surface area contributed by atoms with Crippen molar-refractivity contribution in [3.05, 3.63) is 407 Å². The maximum atomic E-state index is 12.6. The lowest BCUT2D eigenvalue weighted by molar-refractivity contribution is 0.0985. The Morgan fingerprint density at radius 2 is 0.697 bits per heavy atom. The van der Waals surface area contributed by atoms with Gasteiger partial charge in [-0.25, -0.2) is 0 Å². The Kier molecular flexibility index (Phi) is 30.2. The third kappa shape index (κ3) is 23.2. The second-order valence-electron chi connectivity index (χ2n) is 29.8. The number of rotatable bonds is 20. The van der Waals surface area contributed by atoms with Gasteiger partial charge in [-0.15, -0.1) is 45.3 Å². The Labute approximate surface area is 743 Å². The molecule has 608 valence electrons. The number of halogens is 2. The molecule has 0 saturated carbocycles. The highest BCUT2D eigenvalue weighted by atomic mass is 79.9. The van der Waals surface area contributed by atoms with Crippen LogP contribution in [0.2, 0.25) is 0 Å². The molecular weight excluding hydrogens is 1720 g/mol. The van der Waals surface area contributed by atoms with Gasteiger partial charge in [0.2, 0.25) is 0 Å². The van der Waals surface area contributed by atoms with Crippen molar-refractivity contribution in [3.63, 3.8) is 0 Å². The van der Waals surface area contributed by atoms with E-state index in [2.05, 4.69) is 93.0 Å². The normalized spacial score (nSPS) is 10.8. The first kappa shape index (κ1) is 87.8. The number of carbonyl (C=O) groups excluding carboxylic acids is 6. The predicted octanol–water partition coefficient (Wildman–Crippen LogP) is 26.8. The fourth-order valence-corrected chi connectivity index (χ4v) is 18.9. The summed E-state index contributed by atoms with van der Waals surface area (Å²) in [5, 5.41) is 8.47. The number of carbonyl (C=O) groups is 6. The lowest BCUT2D eigenvalue weighted by Crippen LogP contribution is -2.05. The molecule has 8 aromatic carbocycles. The van der Waals surface area contributed by atoms with Gasteiger partial charge in [-0.05, 0) is 214 Å². The number of nitrogens with zero attached hydrogens (tertiary/aromatic N) is 6. The fourth-order valence-electron chi connectivity index (χ4n) is 14.1. The molecule has 18 heteroatoms. The van der Waals surface area contributed by atoms with E-state index in [1.54, 1.807) is 36.1 Å². The number of fused-ring (bicyclic) bond motifs is 6. The molecule has 0 aliphatic carbocycles. The van der Waals surface area contributed by atoms with Crippen molar-refractivity contribution in [3.8, 4) is 0 Å². The maximum absolute atomic E-state index is 12.6. The van der Waals surface area contributed by atoms with Gasteiger partial charge < -0.3 is 0 Å². The number of Topliss-reactive ketones (excluding diaryl/α,β-unsaturated/α-hetero) is 6. The molecule has 0 fully saturated rings. The number of aryl methyl sites for hydroxylation is 8. The second-order valence-corrected chi connectivity index (χ2v) is 36.8. The largest absolute Gasteiger partial charge is 0.294 e. The Hall–Kier alpha value is -12.0. The molecule has 0 amide bonds. The van der Waals surface area contributed by atoms with Crippen LogP contribution in [0.25, 0.3) is 65.4 Å². The van der Waals surface area contributed by atoms with Crippen molar-refractivity contribution in [2.75, 3.05) is 0 Å². The average Bonchev–Trinajstić information content (AvgIpc) is 1.07. The van der Waals surface area contributed by atoms with Crippen LogP contribution in [0.3, 0.4) is 0 Å². The van der Waals surface area contributed by atoms with Gasteiger partial charge in [0, 0.05) is 123 Å². The molecule has 0 N–H and O–H groups in total. The molecule has 122 heavy (non-hydrogen) atoms. The highest BCUT2D eigenvalue weighted by Gasteiger charge is 2.20. The van der Waals surface area contributed by atoms with Gasteiger partial charge in [0.1, 0.15) is 0 Å². The number of pyridine rings is 6. The van der Waals surface area contributed by atoms with Crippen LogP contribution < -0.4 is 0 Å². The topological polar surface area (TPSA) is 180 Å². The molecule has 0 radical (unpaired) electrons. The molecule has 0 bridgehead atoms. The number of thiophene rings is 4. The zero-order chi connectivity index (χ0) is 85.8. The van der Waals surface area contributed by atoms with Gasteiger partial charge in [-0.3, -0.25) is 58.7 Å². The summed E-state index contributed by atoms with van der Waals surface area (Å²) in [5.41, 5.74) is 20.7. The first-order valence-electron chi connectivity index (χ1n) is 40.1. The molecule has 0 atom stereocenters. The molecule has 0 aliphatic rings. The highest BCUT2D eigenvalue weighted by Crippen LogP contribution is 2.32. The molecule has 10 heterocycles. The minimum atomic E-state index is 0.130. The second kappa shape index (κ2) is 42.0. The predicted molar refractivity (Wildman–Crippen MR) is 511 cm³/mol. The third-order valence-electron chi connectivity index (χ3n) is 20.3. The summed E-state index contributed by atoms with van der Waals surface area (Å²) in [7, 11) is 0. The summed E-state index contributed by atoms with van der Waals surface area (Å²) in [5.74, 6) is 0.889. The van der Waals surface area contributed by atoms with E-state index in [-0.39, 0.29) is 34.7 Å². The molecule has 0 aliphatic heterocycles. The van der Waals surface area contributed by atoms with Crippen molar-refractivity contribution in [1.82, 2.24) is 29.9 Å². The van der Waals surface area contributed by atoms with Crippen LogP contribution in [0.1, 0.15) is 150 Å². The Bertz CT molecular complexity index is 6660. The molecular formula is C104H88Br2N6O6S4. The van der Waals surface area contributed by atoms with Crippen LogP contribution in [0.5, 0.6) is 0 Å². The van der Waals surface area contributed by atoms with Crippen molar-refractivity contribution >= 4 is 177 Å². The molecule has 18 rings (SSSR count). The molecule has 10 aromatic heterocycles. The van der Waals surface area contributed by atoms with Crippen molar-refractivity contribution in [1.29, 1.82) is 0 Å². The highest BCUT2D eigenvalue weighted by molar-refractivity contribution is 9.11. The first-order valence-corrected chi connectivity index (χ1v) is 45.0. The number of hydrogen-bond donors (Lipinski definition) is 0. The van der Waals surface area contributed by atoms with E-state index in [1.807, 2.05) is 290 Å². The maximum Gasteiger partial charge on any atom is 0.177 e. The van der Waals surface area contributed by atoms with E-state index >= 15 is 0 Å². The van der Waals surface area contributed by atoms with E-state index in [0.717, 1.165) is 183 Å². The van der Waals surface area contributed by atoms with Gasteiger partial charge in [0.05, 0.1) is 60.2 Å². The van der Waals surface area contributed by atoms with E-state index in [1.165, 1.54) is 44.5 Å². The van der Waals surface area contributed by atoms with E-state index < -0.39 is 0 Å².